The van der Waals surface area contributed by atoms with Crippen LogP contribution in [0.15, 0.2) is 23.8 Å². The lowest BCUT2D eigenvalue weighted by Crippen LogP contribution is -2.50. The molecule has 0 unspecified atom stereocenters. The maximum absolute atomic E-state index is 12.6. The van der Waals surface area contributed by atoms with Gasteiger partial charge in [-0.15, -0.1) is 0 Å². The highest BCUT2D eigenvalue weighted by Gasteiger charge is 2.50. The molecule has 0 spiro atoms. The van der Waals surface area contributed by atoms with Gasteiger partial charge in [-0.3, -0.25) is 9.69 Å². The van der Waals surface area contributed by atoms with Gasteiger partial charge >= 0.3 is 5.97 Å². The first-order chi connectivity index (χ1) is 16.7. The molecule has 3 heterocycles. The largest absolute Gasteiger partial charge is 0.455 e. The average Bonchev–Trinajstić information content (AvgIpc) is 3.45. The van der Waals surface area contributed by atoms with Crippen molar-refractivity contribution in [1.29, 1.82) is 0 Å². The molecule has 0 bridgehead atoms. The Hall–Kier alpha value is -2.05. The van der Waals surface area contributed by atoms with Crippen LogP contribution < -0.4 is 9.47 Å². The molecule has 1 aromatic carbocycles. The van der Waals surface area contributed by atoms with E-state index in [4.69, 9.17) is 14.2 Å². The number of ether oxygens (including phenoxy) is 3. The third kappa shape index (κ3) is 4.85. The Bertz CT molecular complexity index is 912. The zero-order valence-corrected chi connectivity index (χ0v) is 20.5. The molecule has 0 amide bonds. The first-order valence-corrected chi connectivity index (χ1v) is 13.4. The van der Waals surface area contributed by atoms with Gasteiger partial charge in [0.2, 0.25) is 6.79 Å². The summed E-state index contributed by atoms with van der Waals surface area (Å²) < 4.78 is 17.0. The van der Waals surface area contributed by atoms with Crippen LogP contribution in [-0.4, -0.2) is 47.6 Å². The number of rotatable bonds is 11. The van der Waals surface area contributed by atoms with Gasteiger partial charge in [0.1, 0.15) is 12.2 Å². The van der Waals surface area contributed by atoms with E-state index < -0.39 is 12.2 Å². The van der Waals surface area contributed by atoms with E-state index in [1.165, 1.54) is 56.1 Å². The molecule has 6 nitrogen and oxygen atoms in total. The Kier molecular flexibility index (Phi) is 7.45. The summed E-state index contributed by atoms with van der Waals surface area (Å²) in [4.78, 5) is 15.1. The summed E-state index contributed by atoms with van der Waals surface area (Å²) in [6, 6.07) is 4.27. The molecular weight excluding hydrogens is 430 g/mol. The number of unbranched alkanes of at least 4 members (excludes halogenated alkanes) is 8. The Morgan fingerprint density at radius 1 is 1.06 bits per heavy atom. The fourth-order valence-electron chi connectivity index (χ4n) is 6.23. The topological polar surface area (TPSA) is 68.2 Å². The van der Waals surface area contributed by atoms with E-state index in [9.17, 15) is 9.90 Å². The molecule has 6 heteroatoms. The fourth-order valence-corrected chi connectivity index (χ4v) is 6.23. The van der Waals surface area contributed by atoms with Crippen LogP contribution in [0, 0.1) is 0 Å². The van der Waals surface area contributed by atoms with E-state index in [0.717, 1.165) is 49.4 Å². The number of aliphatic hydroxyl groups excluding tert-OH is 1. The van der Waals surface area contributed by atoms with Crippen molar-refractivity contribution in [3.63, 3.8) is 0 Å². The summed E-state index contributed by atoms with van der Waals surface area (Å²) in [6.45, 7) is 4.29. The standard InChI is InChI=1S/C28H39NO5/c1-2-3-4-5-6-7-8-9-10-11-25(30)34-24-14-19-12-13-29-17-20-15-22-23(33-18-32-22)16-21(20)26(27(19)29)28(24)31/h14-16,24,26-28,31H,2-13,17-18H2,1H3/t24-,26-,27+,28+/m0/s1. The molecule has 3 aliphatic heterocycles. The molecule has 0 aromatic heterocycles. The highest BCUT2D eigenvalue weighted by Crippen LogP contribution is 2.50. The first-order valence-electron chi connectivity index (χ1n) is 13.4. The molecule has 0 radical (unpaired) electrons. The summed E-state index contributed by atoms with van der Waals surface area (Å²) in [6.07, 6.45) is 13.0. The number of benzene rings is 1. The number of carbonyl (C=O) groups excluding carboxylic acids is 1. The number of aliphatic hydroxyl groups is 1. The van der Waals surface area contributed by atoms with Crippen LogP contribution in [0.2, 0.25) is 0 Å². The van der Waals surface area contributed by atoms with Crippen molar-refractivity contribution in [3.05, 3.63) is 34.9 Å². The van der Waals surface area contributed by atoms with Gasteiger partial charge in [-0.1, -0.05) is 63.9 Å². The summed E-state index contributed by atoms with van der Waals surface area (Å²) in [5.41, 5.74) is 3.57. The third-order valence-corrected chi connectivity index (χ3v) is 8.00. The monoisotopic (exact) mass is 469 g/mol. The molecule has 1 fully saturated rings. The highest BCUT2D eigenvalue weighted by molar-refractivity contribution is 5.70. The minimum absolute atomic E-state index is 0.119. The van der Waals surface area contributed by atoms with E-state index in [0.29, 0.717) is 6.42 Å². The number of esters is 1. The summed E-state index contributed by atoms with van der Waals surface area (Å²) in [5.74, 6) is 1.21. The maximum Gasteiger partial charge on any atom is 0.306 e. The quantitative estimate of drug-likeness (QED) is 0.272. The van der Waals surface area contributed by atoms with Gasteiger partial charge in [0.15, 0.2) is 11.5 Å². The second-order valence-corrected chi connectivity index (χ2v) is 10.4. The van der Waals surface area contributed by atoms with Gasteiger partial charge in [-0.25, -0.2) is 0 Å². The van der Waals surface area contributed by atoms with Gasteiger partial charge in [0, 0.05) is 31.5 Å². The van der Waals surface area contributed by atoms with E-state index in [2.05, 4.69) is 17.9 Å². The van der Waals surface area contributed by atoms with Gasteiger partial charge in [-0.05, 0) is 42.2 Å². The second kappa shape index (κ2) is 10.7. The van der Waals surface area contributed by atoms with Crippen molar-refractivity contribution in [2.45, 2.75) is 108 Å². The second-order valence-electron chi connectivity index (χ2n) is 10.4. The van der Waals surface area contributed by atoms with Crippen molar-refractivity contribution in [3.8, 4) is 11.5 Å². The van der Waals surface area contributed by atoms with Crippen LogP contribution in [0.5, 0.6) is 11.5 Å². The minimum atomic E-state index is -0.763. The molecule has 34 heavy (non-hydrogen) atoms. The van der Waals surface area contributed by atoms with Crippen LogP contribution in [0.3, 0.4) is 0 Å². The third-order valence-electron chi connectivity index (χ3n) is 8.00. The molecular formula is C28H39NO5. The normalized spacial score (nSPS) is 26.7. The zero-order chi connectivity index (χ0) is 23.5. The van der Waals surface area contributed by atoms with Crippen LogP contribution in [0.1, 0.15) is 94.6 Å². The van der Waals surface area contributed by atoms with Gasteiger partial charge < -0.3 is 19.3 Å². The average molecular weight is 470 g/mol. The van der Waals surface area contributed by atoms with Crippen molar-refractivity contribution < 1.29 is 24.1 Å². The van der Waals surface area contributed by atoms with Gasteiger partial charge in [0.05, 0.1) is 0 Å². The molecule has 1 aromatic rings. The van der Waals surface area contributed by atoms with E-state index in [1.807, 2.05) is 12.1 Å². The van der Waals surface area contributed by atoms with Gasteiger partial charge in [-0.2, -0.15) is 0 Å². The maximum atomic E-state index is 12.6. The van der Waals surface area contributed by atoms with Crippen molar-refractivity contribution >= 4 is 5.97 Å². The van der Waals surface area contributed by atoms with E-state index in [1.54, 1.807) is 0 Å². The molecule has 5 rings (SSSR count). The molecule has 0 saturated carbocycles. The Morgan fingerprint density at radius 2 is 1.76 bits per heavy atom. The number of nitrogens with zero attached hydrogens (tertiary/aromatic N) is 1. The Morgan fingerprint density at radius 3 is 2.53 bits per heavy atom. The summed E-state index contributed by atoms with van der Waals surface area (Å²) in [7, 11) is 0. The number of hydrogen-bond donors (Lipinski definition) is 1. The zero-order valence-electron chi connectivity index (χ0n) is 20.5. The fraction of sp³-hybridized carbons (Fsp3) is 0.679. The lowest BCUT2D eigenvalue weighted by atomic mass is 9.73. The Labute approximate surface area is 203 Å². The minimum Gasteiger partial charge on any atom is -0.455 e. The smallest absolute Gasteiger partial charge is 0.306 e. The number of carbonyl (C=O) groups is 1. The lowest BCUT2D eigenvalue weighted by molar-refractivity contribution is -0.153. The molecule has 1 N–H and O–H groups in total. The lowest BCUT2D eigenvalue weighted by Gasteiger charge is -2.45. The van der Waals surface area contributed by atoms with Crippen LogP contribution >= 0.6 is 0 Å². The highest BCUT2D eigenvalue weighted by atomic mass is 16.7. The SMILES string of the molecule is CCCCCCCCCCCC(=O)O[C@H]1C=C2CCN3Cc4cc5c(cc4[C@H]([C@@H]1O)[C@@H]23)OCO5. The molecule has 1 saturated heterocycles. The van der Waals surface area contributed by atoms with Gasteiger partial charge in [0.25, 0.3) is 0 Å². The predicted octanol–water partition coefficient (Wildman–Crippen LogP) is 5.22. The predicted molar refractivity (Wildman–Crippen MR) is 130 cm³/mol. The summed E-state index contributed by atoms with van der Waals surface area (Å²) in [5, 5.41) is 11.4. The van der Waals surface area contributed by atoms with Crippen molar-refractivity contribution in [1.82, 2.24) is 4.90 Å². The summed E-state index contributed by atoms with van der Waals surface area (Å²) >= 11 is 0. The van der Waals surface area contributed by atoms with Crippen LogP contribution in [-0.2, 0) is 16.1 Å². The molecule has 1 aliphatic carbocycles. The first kappa shape index (κ1) is 23.7. The number of fused-ring (bicyclic) bond motifs is 3. The van der Waals surface area contributed by atoms with Crippen molar-refractivity contribution in [2.75, 3.05) is 13.3 Å². The molecule has 186 valence electrons. The van der Waals surface area contributed by atoms with E-state index in [-0.39, 0.29) is 24.7 Å². The van der Waals surface area contributed by atoms with Crippen LogP contribution in [0.25, 0.3) is 0 Å². The molecule has 4 aliphatic rings. The van der Waals surface area contributed by atoms with Crippen molar-refractivity contribution in [2.24, 2.45) is 0 Å². The number of hydrogen-bond acceptors (Lipinski definition) is 6. The molecule has 4 atom stereocenters. The van der Waals surface area contributed by atoms with Crippen LogP contribution in [0.4, 0.5) is 0 Å². The Balaban J connectivity index is 1.17. The van der Waals surface area contributed by atoms with E-state index >= 15 is 0 Å².